The number of hydrogen-bond acceptors (Lipinski definition) is 9. The number of ether oxygens (including phenoxy) is 3. The SMILES string of the molecule is CC(C)(C)OC(=O)N1CCN(c2nccc(Nc3ccc(OCc4ccccc4)nc3OCc3ccccc3)n2)CC1. The van der Waals surface area contributed by atoms with Crippen LogP contribution in [0.3, 0.4) is 0 Å². The van der Waals surface area contributed by atoms with Crippen molar-refractivity contribution in [2.24, 2.45) is 0 Å². The van der Waals surface area contributed by atoms with Crippen LogP contribution in [-0.4, -0.2) is 57.7 Å². The second-order valence-electron chi connectivity index (χ2n) is 10.9. The fourth-order valence-corrected chi connectivity index (χ4v) is 4.29. The van der Waals surface area contributed by atoms with Gasteiger partial charge in [0.05, 0.1) is 0 Å². The number of nitrogens with zero attached hydrogens (tertiary/aromatic N) is 5. The second kappa shape index (κ2) is 13.2. The van der Waals surface area contributed by atoms with Crippen LogP contribution >= 0.6 is 0 Å². The zero-order chi connectivity index (χ0) is 29.4. The Morgan fingerprint density at radius 2 is 1.45 bits per heavy atom. The van der Waals surface area contributed by atoms with Crippen molar-refractivity contribution in [1.29, 1.82) is 0 Å². The molecule has 1 amide bonds. The lowest BCUT2D eigenvalue weighted by atomic mass is 10.2. The lowest BCUT2D eigenvalue weighted by molar-refractivity contribution is 0.0240. The van der Waals surface area contributed by atoms with Gasteiger partial charge in [0.2, 0.25) is 17.7 Å². The van der Waals surface area contributed by atoms with Gasteiger partial charge in [0.25, 0.3) is 0 Å². The topological polar surface area (TPSA) is 102 Å². The van der Waals surface area contributed by atoms with Gasteiger partial charge in [0.1, 0.15) is 30.3 Å². The molecule has 4 aromatic rings. The monoisotopic (exact) mass is 568 g/mol. The van der Waals surface area contributed by atoms with Crippen molar-refractivity contribution < 1.29 is 19.0 Å². The van der Waals surface area contributed by atoms with Crippen LogP contribution in [0.15, 0.2) is 85.1 Å². The van der Waals surface area contributed by atoms with Gasteiger partial charge in [-0.2, -0.15) is 9.97 Å². The van der Waals surface area contributed by atoms with E-state index < -0.39 is 5.60 Å². The van der Waals surface area contributed by atoms with Gasteiger partial charge in [0, 0.05) is 38.4 Å². The highest BCUT2D eigenvalue weighted by atomic mass is 16.6. The predicted octanol–water partition coefficient (Wildman–Crippen LogP) is 5.83. The highest BCUT2D eigenvalue weighted by molar-refractivity contribution is 5.68. The summed E-state index contributed by atoms with van der Waals surface area (Å²) in [5.41, 5.74) is 2.20. The minimum atomic E-state index is -0.526. The molecule has 5 rings (SSSR count). The summed E-state index contributed by atoms with van der Waals surface area (Å²) < 4.78 is 17.6. The Labute approximate surface area is 246 Å². The van der Waals surface area contributed by atoms with E-state index in [2.05, 4.69) is 20.2 Å². The minimum Gasteiger partial charge on any atom is -0.473 e. The Bertz CT molecular complexity index is 1460. The van der Waals surface area contributed by atoms with Crippen molar-refractivity contribution in [3.8, 4) is 11.8 Å². The zero-order valence-corrected chi connectivity index (χ0v) is 24.2. The van der Waals surface area contributed by atoms with Crippen molar-refractivity contribution in [3.05, 3.63) is 96.2 Å². The van der Waals surface area contributed by atoms with Crippen LogP contribution in [0.2, 0.25) is 0 Å². The van der Waals surface area contributed by atoms with E-state index in [4.69, 9.17) is 19.2 Å². The Balaban J connectivity index is 1.27. The molecule has 218 valence electrons. The molecule has 0 unspecified atom stereocenters. The summed E-state index contributed by atoms with van der Waals surface area (Å²) in [6.07, 6.45) is 1.41. The van der Waals surface area contributed by atoms with E-state index in [1.807, 2.05) is 87.5 Å². The van der Waals surface area contributed by atoms with E-state index in [0.29, 0.717) is 68.6 Å². The number of benzene rings is 2. The molecule has 1 N–H and O–H groups in total. The molecule has 1 fully saturated rings. The van der Waals surface area contributed by atoms with Crippen LogP contribution in [0.4, 0.5) is 22.2 Å². The molecular formula is C32H36N6O4. The Kier molecular flexibility index (Phi) is 9.01. The third-order valence-corrected chi connectivity index (χ3v) is 6.40. The van der Waals surface area contributed by atoms with Gasteiger partial charge in [0.15, 0.2) is 0 Å². The van der Waals surface area contributed by atoms with Crippen molar-refractivity contribution in [2.75, 3.05) is 36.4 Å². The fourth-order valence-electron chi connectivity index (χ4n) is 4.29. The summed E-state index contributed by atoms with van der Waals surface area (Å²) in [7, 11) is 0. The lowest BCUT2D eigenvalue weighted by Gasteiger charge is -2.35. The molecule has 0 bridgehead atoms. The van der Waals surface area contributed by atoms with Gasteiger partial charge in [-0.25, -0.2) is 9.78 Å². The molecule has 2 aromatic heterocycles. The van der Waals surface area contributed by atoms with Gasteiger partial charge < -0.3 is 29.3 Å². The number of pyridine rings is 1. The summed E-state index contributed by atoms with van der Waals surface area (Å²) in [4.78, 5) is 30.1. The first-order valence-electron chi connectivity index (χ1n) is 14.0. The largest absolute Gasteiger partial charge is 0.473 e. The van der Waals surface area contributed by atoms with Gasteiger partial charge in [-0.1, -0.05) is 60.7 Å². The Morgan fingerprint density at radius 3 is 2.10 bits per heavy atom. The molecule has 0 radical (unpaired) electrons. The number of carbonyl (C=O) groups is 1. The first-order chi connectivity index (χ1) is 20.3. The number of carbonyl (C=O) groups excluding carboxylic acids is 1. The predicted molar refractivity (Wildman–Crippen MR) is 161 cm³/mol. The summed E-state index contributed by atoms with van der Waals surface area (Å²) in [5, 5.41) is 3.34. The van der Waals surface area contributed by atoms with E-state index in [-0.39, 0.29) is 6.09 Å². The Hall–Kier alpha value is -4.86. The zero-order valence-electron chi connectivity index (χ0n) is 24.2. The van der Waals surface area contributed by atoms with E-state index in [1.165, 1.54) is 0 Å². The number of amides is 1. The number of aromatic nitrogens is 3. The third-order valence-electron chi connectivity index (χ3n) is 6.40. The van der Waals surface area contributed by atoms with Crippen LogP contribution in [0, 0.1) is 0 Å². The normalized spacial score (nSPS) is 13.4. The Morgan fingerprint density at radius 1 is 0.810 bits per heavy atom. The molecule has 42 heavy (non-hydrogen) atoms. The fraction of sp³-hybridized carbons (Fsp3) is 0.312. The smallest absolute Gasteiger partial charge is 0.410 e. The molecule has 2 aromatic carbocycles. The maximum atomic E-state index is 12.4. The highest BCUT2D eigenvalue weighted by Gasteiger charge is 2.27. The summed E-state index contributed by atoms with van der Waals surface area (Å²) in [6, 6.07) is 25.3. The van der Waals surface area contributed by atoms with Crippen molar-refractivity contribution in [2.45, 2.75) is 39.6 Å². The lowest BCUT2D eigenvalue weighted by Crippen LogP contribution is -2.50. The average Bonchev–Trinajstić information content (AvgIpc) is 3.00. The number of anilines is 3. The third kappa shape index (κ3) is 8.09. The highest BCUT2D eigenvalue weighted by Crippen LogP contribution is 2.29. The molecule has 0 spiro atoms. The summed E-state index contributed by atoms with van der Waals surface area (Å²) >= 11 is 0. The maximum absolute atomic E-state index is 12.4. The minimum absolute atomic E-state index is 0.301. The summed E-state index contributed by atoms with van der Waals surface area (Å²) in [5.74, 6) is 2.03. The van der Waals surface area contributed by atoms with Gasteiger partial charge in [-0.3, -0.25) is 0 Å². The van der Waals surface area contributed by atoms with Crippen molar-refractivity contribution in [1.82, 2.24) is 19.9 Å². The molecule has 0 aliphatic carbocycles. The first kappa shape index (κ1) is 28.7. The van der Waals surface area contributed by atoms with E-state index in [0.717, 1.165) is 11.1 Å². The molecule has 10 nitrogen and oxygen atoms in total. The molecule has 3 heterocycles. The molecule has 10 heteroatoms. The molecule has 1 aliphatic heterocycles. The van der Waals surface area contributed by atoms with Crippen LogP contribution in [-0.2, 0) is 18.0 Å². The maximum Gasteiger partial charge on any atom is 0.410 e. The standard InChI is InChI=1S/C32H36N6O4/c1-32(2,3)42-31(39)38-20-18-37(19-21-38)30-33-17-16-27(35-30)34-26-14-15-28(40-22-24-10-6-4-7-11-24)36-29(26)41-23-25-12-8-5-9-13-25/h4-17H,18-23H2,1-3H3,(H,33,34,35). The van der Waals surface area contributed by atoms with Gasteiger partial charge in [-0.05, 0) is 44.0 Å². The number of nitrogens with one attached hydrogen (secondary N) is 1. The van der Waals surface area contributed by atoms with E-state index in [9.17, 15) is 4.79 Å². The number of rotatable bonds is 9. The first-order valence-corrected chi connectivity index (χ1v) is 14.0. The van der Waals surface area contributed by atoms with Crippen LogP contribution in [0.5, 0.6) is 11.8 Å². The van der Waals surface area contributed by atoms with Crippen LogP contribution in [0.25, 0.3) is 0 Å². The van der Waals surface area contributed by atoms with E-state index in [1.54, 1.807) is 23.2 Å². The molecule has 0 saturated carbocycles. The van der Waals surface area contributed by atoms with E-state index >= 15 is 0 Å². The molecule has 0 atom stereocenters. The number of piperazine rings is 1. The van der Waals surface area contributed by atoms with Gasteiger partial charge in [-0.15, -0.1) is 0 Å². The van der Waals surface area contributed by atoms with Gasteiger partial charge >= 0.3 is 6.09 Å². The molecule has 1 saturated heterocycles. The van der Waals surface area contributed by atoms with Crippen molar-refractivity contribution >= 4 is 23.5 Å². The quantitative estimate of drug-likeness (QED) is 0.267. The molecular weight excluding hydrogens is 532 g/mol. The average molecular weight is 569 g/mol. The van der Waals surface area contributed by atoms with Crippen molar-refractivity contribution in [3.63, 3.8) is 0 Å². The second-order valence-corrected chi connectivity index (χ2v) is 10.9. The summed E-state index contributed by atoms with van der Waals surface area (Å²) in [6.45, 7) is 8.61. The molecule has 1 aliphatic rings. The van der Waals surface area contributed by atoms with Crippen LogP contribution in [0.1, 0.15) is 31.9 Å². The van der Waals surface area contributed by atoms with Crippen LogP contribution < -0.4 is 19.7 Å². The number of hydrogen-bond donors (Lipinski definition) is 1.